The van der Waals surface area contributed by atoms with E-state index in [1.165, 1.54) is 0 Å². The van der Waals surface area contributed by atoms with Gasteiger partial charge in [-0.1, -0.05) is 18.2 Å². The molecule has 0 spiro atoms. The molecular weight excluding hydrogens is 230 g/mol. The summed E-state index contributed by atoms with van der Waals surface area (Å²) in [6.45, 7) is 2.33. The molecule has 0 fully saturated rings. The van der Waals surface area contributed by atoms with Crippen molar-refractivity contribution in [3.63, 3.8) is 0 Å². The smallest absolute Gasteiger partial charge is 0.261 e. The van der Waals surface area contributed by atoms with Gasteiger partial charge < -0.3 is 15.2 Å². The fourth-order valence-corrected chi connectivity index (χ4v) is 2.05. The molecule has 0 aliphatic carbocycles. The van der Waals surface area contributed by atoms with Crippen LogP contribution in [-0.4, -0.2) is 29.8 Å². The normalized spacial score (nSPS) is 18.9. The second kappa shape index (κ2) is 5.87. The Morgan fingerprint density at radius 2 is 2.33 bits per heavy atom. The van der Waals surface area contributed by atoms with Crippen LogP contribution in [0.4, 0.5) is 0 Å². The zero-order chi connectivity index (χ0) is 13.0. The van der Waals surface area contributed by atoms with Gasteiger partial charge in [0.05, 0.1) is 6.10 Å². The van der Waals surface area contributed by atoms with E-state index in [9.17, 15) is 4.79 Å². The number of para-hydroxylation sites is 1. The number of carbonyl (C=O) groups is 1. The summed E-state index contributed by atoms with van der Waals surface area (Å²) in [5.41, 5.74) is 1.08. The van der Waals surface area contributed by atoms with Gasteiger partial charge in [-0.05, 0) is 31.4 Å². The largest absolute Gasteiger partial charge is 0.480 e. The van der Waals surface area contributed by atoms with E-state index in [-0.39, 0.29) is 12.0 Å². The minimum Gasteiger partial charge on any atom is -0.480 e. The SMILES string of the molecule is CC(O)CCCNC(=O)C1Cc2ccccc2O1. The third kappa shape index (κ3) is 3.23. The van der Waals surface area contributed by atoms with E-state index in [2.05, 4.69) is 5.32 Å². The third-order valence-corrected chi connectivity index (χ3v) is 3.04. The minimum absolute atomic E-state index is 0.0724. The maximum Gasteiger partial charge on any atom is 0.261 e. The second-order valence-corrected chi connectivity index (χ2v) is 4.70. The Morgan fingerprint density at radius 3 is 3.06 bits per heavy atom. The Bertz CT molecular complexity index is 392. The number of rotatable bonds is 5. The molecule has 4 nitrogen and oxygen atoms in total. The quantitative estimate of drug-likeness (QED) is 0.773. The maximum atomic E-state index is 11.9. The fourth-order valence-electron chi connectivity index (χ4n) is 2.05. The van der Waals surface area contributed by atoms with Crippen molar-refractivity contribution in [2.75, 3.05) is 6.54 Å². The van der Waals surface area contributed by atoms with Gasteiger partial charge in [0.25, 0.3) is 5.91 Å². The standard InChI is InChI=1S/C14H19NO3/c1-10(16)5-4-8-15-14(17)13-9-11-6-2-3-7-12(11)18-13/h2-3,6-7,10,13,16H,4-5,8-9H2,1H3,(H,15,17). The summed E-state index contributed by atoms with van der Waals surface area (Å²) in [4.78, 5) is 11.9. The van der Waals surface area contributed by atoms with Crippen molar-refractivity contribution < 1.29 is 14.6 Å². The van der Waals surface area contributed by atoms with E-state index in [1.807, 2.05) is 24.3 Å². The predicted molar refractivity (Wildman–Crippen MR) is 68.5 cm³/mol. The number of fused-ring (bicyclic) bond motifs is 1. The first-order valence-corrected chi connectivity index (χ1v) is 6.37. The number of hydrogen-bond donors (Lipinski definition) is 2. The number of amides is 1. The molecule has 4 heteroatoms. The van der Waals surface area contributed by atoms with Gasteiger partial charge in [0.2, 0.25) is 0 Å². The van der Waals surface area contributed by atoms with Crippen LogP contribution in [0.15, 0.2) is 24.3 Å². The molecule has 0 radical (unpaired) electrons. The Labute approximate surface area is 107 Å². The highest BCUT2D eigenvalue weighted by Gasteiger charge is 2.28. The first-order chi connectivity index (χ1) is 8.66. The Hall–Kier alpha value is -1.55. The van der Waals surface area contributed by atoms with Crippen LogP contribution in [-0.2, 0) is 11.2 Å². The van der Waals surface area contributed by atoms with Gasteiger partial charge in [-0.3, -0.25) is 4.79 Å². The number of aliphatic hydroxyl groups is 1. The van der Waals surface area contributed by atoms with Crippen LogP contribution < -0.4 is 10.1 Å². The summed E-state index contributed by atoms with van der Waals surface area (Å²) in [7, 11) is 0. The average Bonchev–Trinajstić information content (AvgIpc) is 2.78. The predicted octanol–water partition coefficient (Wildman–Crippen LogP) is 1.27. The fraction of sp³-hybridized carbons (Fsp3) is 0.500. The minimum atomic E-state index is -0.408. The molecule has 2 rings (SSSR count). The first kappa shape index (κ1) is 12.9. The van der Waals surface area contributed by atoms with Crippen LogP contribution >= 0.6 is 0 Å². The van der Waals surface area contributed by atoms with Gasteiger partial charge in [0, 0.05) is 13.0 Å². The van der Waals surface area contributed by atoms with Crippen molar-refractivity contribution in [2.45, 2.75) is 38.4 Å². The molecule has 2 N–H and O–H groups in total. The molecule has 0 bridgehead atoms. The van der Waals surface area contributed by atoms with E-state index in [0.717, 1.165) is 17.7 Å². The molecule has 2 atom stereocenters. The van der Waals surface area contributed by atoms with Crippen LogP contribution in [0.1, 0.15) is 25.3 Å². The summed E-state index contributed by atoms with van der Waals surface area (Å²) in [6, 6.07) is 7.72. The summed E-state index contributed by atoms with van der Waals surface area (Å²) in [5, 5.41) is 11.9. The van der Waals surface area contributed by atoms with E-state index < -0.39 is 6.10 Å². The van der Waals surface area contributed by atoms with Crippen molar-refractivity contribution in [3.8, 4) is 5.75 Å². The molecule has 18 heavy (non-hydrogen) atoms. The second-order valence-electron chi connectivity index (χ2n) is 4.70. The first-order valence-electron chi connectivity index (χ1n) is 6.37. The maximum absolute atomic E-state index is 11.9. The van der Waals surface area contributed by atoms with Crippen LogP contribution in [0, 0.1) is 0 Å². The molecular formula is C14H19NO3. The van der Waals surface area contributed by atoms with Crippen molar-refractivity contribution in [1.82, 2.24) is 5.32 Å². The lowest BCUT2D eigenvalue weighted by Crippen LogP contribution is -2.38. The lowest BCUT2D eigenvalue weighted by molar-refractivity contribution is -0.127. The summed E-state index contributed by atoms with van der Waals surface area (Å²) < 4.78 is 5.59. The van der Waals surface area contributed by atoms with Gasteiger partial charge >= 0.3 is 0 Å². The van der Waals surface area contributed by atoms with Crippen LogP contribution in [0.5, 0.6) is 5.75 Å². The zero-order valence-electron chi connectivity index (χ0n) is 10.6. The van der Waals surface area contributed by atoms with Crippen molar-refractivity contribution in [2.24, 2.45) is 0 Å². The van der Waals surface area contributed by atoms with Gasteiger partial charge in [-0.2, -0.15) is 0 Å². The van der Waals surface area contributed by atoms with E-state index in [1.54, 1.807) is 6.92 Å². The molecule has 1 aliphatic heterocycles. The Morgan fingerprint density at radius 1 is 1.56 bits per heavy atom. The molecule has 0 saturated heterocycles. The highest BCUT2D eigenvalue weighted by atomic mass is 16.5. The molecule has 1 aliphatic rings. The zero-order valence-corrected chi connectivity index (χ0v) is 10.6. The molecule has 98 valence electrons. The number of hydrogen-bond acceptors (Lipinski definition) is 3. The molecule has 0 saturated carbocycles. The van der Waals surface area contributed by atoms with Crippen LogP contribution in [0.3, 0.4) is 0 Å². The van der Waals surface area contributed by atoms with Crippen LogP contribution in [0.25, 0.3) is 0 Å². The molecule has 0 aromatic heterocycles. The highest BCUT2D eigenvalue weighted by Crippen LogP contribution is 2.27. The van der Waals surface area contributed by atoms with Crippen molar-refractivity contribution in [1.29, 1.82) is 0 Å². The lowest BCUT2D eigenvalue weighted by atomic mass is 10.1. The van der Waals surface area contributed by atoms with E-state index in [4.69, 9.17) is 9.84 Å². The number of carbonyl (C=O) groups excluding carboxylic acids is 1. The summed E-state index contributed by atoms with van der Waals surface area (Å²) in [5.74, 6) is 0.735. The number of nitrogens with one attached hydrogen (secondary N) is 1. The van der Waals surface area contributed by atoms with Gasteiger partial charge in [0.1, 0.15) is 5.75 Å². The molecule has 1 aromatic rings. The molecule has 2 unspecified atom stereocenters. The monoisotopic (exact) mass is 249 g/mol. The topological polar surface area (TPSA) is 58.6 Å². The number of aliphatic hydroxyl groups excluding tert-OH is 1. The highest BCUT2D eigenvalue weighted by molar-refractivity contribution is 5.82. The lowest BCUT2D eigenvalue weighted by Gasteiger charge is -2.11. The van der Waals surface area contributed by atoms with Gasteiger partial charge in [-0.15, -0.1) is 0 Å². The average molecular weight is 249 g/mol. The summed E-state index contributed by atoms with van der Waals surface area (Å²) >= 11 is 0. The van der Waals surface area contributed by atoms with Crippen molar-refractivity contribution in [3.05, 3.63) is 29.8 Å². The molecule has 1 aromatic carbocycles. The Balaban J connectivity index is 1.76. The molecule has 1 amide bonds. The summed E-state index contributed by atoms with van der Waals surface area (Å²) in [6.07, 6.45) is 1.40. The van der Waals surface area contributed by atoms with Crippen molar-refractivity contribution >= 4 is 5.91 Å². The van der Waals surface area contributed by atoms with Crippen LogP contribution in [0.2, 0.25) is 0 Å². The van der Waals surface area contributed by atoms with E-state index in [0.29, 0.717) is 19.4 Å². The van der Waals surface area contributed by atoms with Gasteiger partial charge in [0.15, 0.2) is 6.10 Å². The third-order valence-electron chi connectivity index (χ3n) is 3.04. The molecule has 1 heterocycles. The van der Waals surface area contributed by atoms with Gasteiger partial charge in [-0.25, -0.2) is 0 Å². The number of benzene rings is 1. The Kier molecular flexibility index (Phi) is 4.20. The number of ether oxygens (including phenoxy) is 1. The van der Waals surface area contributed by atoms with E-state index >= 15 is 0 Å².